The number of benzene rings is 4. The molecule has 1 aliphatic heterocycles. The highest BCUT2D eigenvalue weighted by molar-refractivity contribution is 6.99. The molecular weight excluding hydrogens is 516 g/mol. The third kappa shape index (κ3) is 6.21. The van der Waals surface area contributed by atoms with Crippen LogP contribution in [-0.4, -0.2) is 38.5 Å². The smallest absolute Gasteiger partial charge is 0.261 e. The first-order valence-electron chi connectivity index (χ1n) is 13.6. The van der Waals surface area contributed by atoms with Crippen molar-refractivity contribution >= 4 is 18.7 Å². The molecule has 3 atom stereocenters. The summed E-state index contributed by atoms with van der Waals surface area (Å²) in [4.78, 5) is 0. The van der Waals surface area contributed by atoms with Gasteiger partial charge in [0.05, 0.1) is 6.61 Å². The van der Waals surface area contributed by atoms with E-state index in [-0.39, 0.29) is 11.6 Å². The van der Waals surface area contributed by atoms with Gasteiger partial charge in [-0.3, -0.25) is 0 Å². The molecule has 0 bridgehead atoms. The fourth-order valence-electron chi connectivity index (χ4n) is 5.15. The van der Waals surface area contributed by atoms with Gasteiger partial charge in [0, 0.05) is 0 Å². The van der Waals surface area contributed by atoms with Crippen molar-refractivity contribution in [3.63, 3.8) is 0 Å². The van der Waals surface area contributed by atoms with Crippen LogP contribution in [0.3, 0.4) is 0 Å². The van der Waals surface area contributed by atoms with Crippen LogP contribution in [-0.2, 0) is 9.16 Å². The van der Waals surface area contributed by atoms with Gasteiger partial charge in [-0.2, -0.15) is 0 Å². The third-order valence-corrected chi connectivity index (χ3v) is 12.1. The highest BCUT2D eigenvalue weighted by atomic mass is 28.4. The van der Waals surface area contributed by atoms with Gasteiger partial charge in [0.25, 0.3) is 8.32 Å². The van der Waals surface area contributed by atoms with Crippen molar-refractivity contribution < 1.29 is 23.7 Å². The number of hydrogen-bond acceptors (Lipinski definition) is 5. The first-order valence-corrected chi connectivity index (χ1v) is 15.5. The average molecular weight is 553 g/mol. The second-order valence-electron chi connectivity index (χ2n) is 10.9. The molecule has 5 nitrogen and oxygen atoms in total. The lowest BCUT2D eigenvalue weighted by Crippen LogP contribution is -2.67. The molecule has 0 saturated carbocycles. The van der Waals surface area contributed by atoms with Crippen molar-refractivity contribution in [1.29, 1.82) is 0 Å². The van der Waals surface area contributed by atoms with Crippen molar-refractivity contribution in [2.75, 3.05) is 6.61 Å². The molecule has 0 amide bonds. The minimum atomic E-state index is -2.77. The first kappa shape index (κ1) is 27.9. The zero-order chi connectivity index (χ0) is 28.0. The Bertz CT molecular complexity index is 1330. The molecule has 0 spiro atoms. The van der Waals surface area contributed by atoms with Gasteiger partial charge in [0.1, 0.15) is 29.5 Å². The molecular formula is C34H36O5Si. The van der Waals surface area contributed by atoms with Gasteiger partial charge >= 0.3 is 0 Å². The maximum Gasteiger partial charge on any atom is 0.261 e. The zero-order valence-corrected chi connectivity index (χ0v) is 24.1. The molecule has 1 heterocycles. The van der Waals surface area contributed by atoms with E-state index >= 15 is 0 Å². The number of rotatable bonds is 9. The predicted octanol–water partition coefficient (Wildman–Crippen LogP) is 6.08. The van der Waals surface area contributed by atoms with Crippen LogP contribution in [0.4, 0.5) is 0 Å². The van der Waals surface area contributed by atoms with Gasteiger partial charge in [0.2, 0.25) is 6.29 Å². The van der Waals surface area contributed by atoms with E-state index in [1.54, 1.807) is 12.2 Å². The van der Waals surface area contributed by atoms with E-state index in [4.69, 9.17) is 18.6 Å². The van der Waals surface area contributed by atoms with E-state index in [2.05, 4.69) is 69.3 Å². The Morgan fingerprint density at radius 3 is 1.73 bits per heavy atom. The van der Waals surface area contributed by atoms with Crippen LogP contribution in [0.25, 0.3) is 0 Å². The molecule has 0 radical (unpaired) electrons. The number of aliphatic hydroxyl groups excluding tert-OH is 1. The Morgan fingerprint density at radius 2 is 1.18 bits per heavy atom. The molecule has 4 aromatic rings. The third-order valence-electron chi connectivity index (χ3n) is 7.09. The normalized spacial score (nSPS) is 19.2. The molecule has 1 N–H and O–H groups in total. The molecule has 5 rings (SSSR count). The fourth-order valence-corrected chi connectivity index (χ4v) is 9.72. The van der Waals surface area contributed by atoms with Gasteiger partial charge in [-0.05, 0) is 57.9 Å². The van der Waals surface area contributed by atoms with Crippen molar-refractivity contribution in [1.82, 2.24) is 0 Å². The fraction of sp³-hybridized carbons (Fsp3) is 0.235. The van der Waals surface area contributed by atoms with Crippen molar-refractivity contribution in [2.24, 2.45) is 0 Å². The topological polar surface area (TPSA) is 57.2 Å². The van der Waals surface area contributed by atoms with Gasteiger partial charge < -0.3 is 23.7 Å². The quantitative estimate of drug-likeness (QED) is 0.202. The largest absolute Gasteiger partial charge is 0.461 e. The maximum absolute atomic E-state index is 10.8. The van der Waals surface area contributed by atoms with Crippen molar-refractivity contribution in [3.05, 3.63) is 127 Å². The monoisotopic (exact) mass is 552 g/mol. The molecule has 0 aromatic heterocycles. The van der Waals surface area contributed by atoms with Crippen LogP contribution in [0.1, 0.15) is 20.8 Å². The van der Waals surface area contributed by atoms with Crippen LogP contribution in [0.2, 0.25) is 5.04 Å². The van der Waals surface area contributed by atoms with E-state index in [1.165, 1.54) is 10.4 Å². The summed E-state index contributed by atoms with van der Waals surface area (Å²) in [7, 11) is -2.77. The number of aliphatic hydroxyl groups is 1. The minimum absolute atomic E-state index is 0.176. The highest BCUT2D eigenvalue weighted by Gasteiger charge is 2.50. The summed E-state index contributed by atoms with van der Waals surface area (Å²) in [6, 6.07) is 37.9. The summed E-state index contributed by atoms with van der Waals surface area (Å²) in [5, 5.41) is 13.0. The lowest BCUT2D eigenvalue weighted by Gasteiger charge is -2.44. The molecule has 6 heteroatoms. The summed E-state index contributed by atoms with van der Waals surface area (Å²) in [6.07, 6.45) is 1.41. The lowest BCUT2D eigenvalue weighted by atomic mass is 10.1. The van der Waals surface area contributed by atoms with Crippen LogP contribution >= 0.6 is 0 Å². The standard InChI is InChI=1S/C34H36O5Si/c1-34(2,3)40(29-15-9-5-10-16-29,30-17-11-6-12-18-30)36-25-32-31(35)23-24-33(39-32)38-28-21-19-27(20-22-28)37-26-13-7-4-8-14-26/h4-24,31-33,35H,25H2,1-3H3/t31-,32-,33-/m1/s1. The Kier molecular flexibility index (Phi) is 8.52. The zero-order valence-electron chi connectivity index (χ0n) is 23.1. The molecule has 40 heavy (non-hydrogen) atoms. The van der Waals surface area contributed by atoms with Gasteiger partial charge in [-0.15, -0.1) is 0 Å². The predicted molar refractivity (Wildman–Crippen MR) is 161 cm³/mol. The molecule has 0 saturated heterocycles. The summed E-state index contributed by atoms with van der Waals surface area (Å²) in [5.41, 5.74) is 0. The Morgan fingerprint density at radius 1 is 0.675 bits per heavy atom. The molecule has 206 valence electrons. The molecule has 4 aromatic carbocycles. The molecule has 1 aliphatic rings. The van der Waals surface area contributed by atoms with Gasteiger partial charge in [0.15, 0.2) is 0 Å². The first-order chi connectivity index (χ1) is 19.3. The number of para-hydroxylation sites is 1. The van der Waals surface area contributed by atoms with Gasteiger partial charge in [-0.25, -0.2) is 0 Å². The van der Waals surface area contributed by atoms with E-state index in [9.17, 15) is 5.11 Å². The second kappa shape index (κ2) is 12.2. The highest BCUT2D eigenvalue weighted by Crippen LogP contribution is 2.37. The van der Waals surface area contributed by atoms with Crippen molar-refractivity contribution in [3.8, 4) is 17.2 Å². The van der Waals surface area contributed by atoms with E-state index in [0.29, 0.717) is 11.5 Å². The lowest BCUT2D eigenvalue weighted by molar-refractivity contribution is -0.140. The SMILES string of the molecule is CC(C)(C)[Si](OC[C@H]1O[C@@H](Oc2ccc(Oc3ccccc3)cc2)C=C[C@H]1O)(c1ccccc1)c1ccccc1. The average Bonchev–Trinajstić information content (AvgIpc) is 2.97. The summed E-state index contributed by atoms with van der Waals surface area (Å²) >= 11 is 0. The van der Waals surface area contributed by atoms with Gasteiger partial charge in [-0.1, -0.05) is 106 Å². The number of ether oxygens (including phenoxy) is 3. The molecule has 0 fully saturated rings. The number of hydrogen-bond donors (Lipinski definition) is 1. The Balaban J connectivity index is 1.31. The van der Waals surface area contributed by atoms with Crippen LogP contribution < -0.4 is 19.8 Å². The second-order valence-corrected chi connectivity index (χ2v) is 15.2. The molecule has 0 unspecified atom stereocenters. The van der Waals surface area contributed by atoms with Crippen LogP contribution in [0.15, 0.2) is 127 Å². The van der Waals surface area contributed by atoms with Crippen LogP contribution in [0.5, 0.6) is 17.2 Å². The van der Waals surface area contributed by atoms with Crippen molar-refractivity contribution in [2.45, 2.75) is 44.3 Å². The van der Waals surface area contributed by atoms with E-state index < -0.39 is 26.8 Å². The Labute approximate surface area is 237 Å². The molecule has 0 aliphatic carbocycles. The Hall–Kier alpha value is -3.68. The van der Waals surface area contributed by atoms with E-state index in [1.807, 2.05) is 66.7 Å². The van der Waals surface area contributed by atoms with E-state index in [0.717, 1.165) is 5.75 Å². The summed E-state index contributed by atoms with van der Waals surface area (Å²) < 4.78 is 25.2. The maximum atomic E-state index is 10.8. The summed E-state index contributed by atoms with van der Waals surface area (Å²) in [5.74, 6) is 2.12. The minimum Gasteiger partial charge on any atom is -0.461 e. The summed E-state index contributed by atoms with van der Waals surface area (Å²) in [6.45, 7) is 6.92. The van der Waals surface area contributed by atoms with Crippen LogP contribution in [0, 0.1) is 0 Å².